The van der Waals surface area contributed by atoms with Gasteiger partial charge in [0.15, 0.2) is 0 Å². The quantitative estimate of drug-likeness (QED) is 0.218. The molecule has 6 aromatic rings. The van der Waals surface area contributed by atoms with Gasteiger partial charge in [-0.25, -0.2) is 29.5 Å². The van der Waals surface area contributed by atoms with Crippen LogP contribution in [0.15, 0.2) is 91.5 Å². The van der Waals surface area contributed by atoms with Gasteiger partial charge in [-0.3, -0.25) is 0 Å². The fourth-order valence-corrected chi connectivity index (χ4v) is 6.66. The van der Waals surface area contributed by atoms with Crippen LogP contribution in [-0.2, 0) is 0 Å². The van der Waals surface area contributed by atoms with Crippen LogP contribution >= 0.6 is 0 Å². The first-order chi connectivity index (χ1) is 25.4. The molecule has 0 unspecified atom stereocenters. The van der Waals surface area contributed by atoms with Crippen molar-refractivity contribution < 1.29 is 8.83 Å². The normalized spacial score (nSPS) is 16.3. The molecular formula is C40H42N8O4. The van der Waals surface area contributed by atoms with Gasteiger partial charge in [-0.1, -0.05) is 13.8 Å². The molecule has 0 spiro atoms. The Hall–Kier alpha value is -5.46. The summed E-state index contributed by atoms with van der Waals surface area (Å²) in [5, 5.41) is 8.49. The second-order valence-corrected chi connectivity index (χ2v) is 13.8. The average Bonchev–Trinajstić information content (AvgIpc) is 4.04. The molecule has 4 aromatic heterocycles. The number of fused-ring (bicyclic) bond motifs is 2. The Kier molecular flexibility index (Phi) is 9.48. The molecule has 0 amide bonds. The molecule has 9 rings (SSSR count). The van der Waals surface area contributed by atoms with Crippen molar-refractivity contribution in [2.45, 2.75) is 38.5 Å². The molecule has 0 bridgehead atoms. The zero-order chi connectivity index (χ0) is 35.6. The van der Waals surface area contributed by atoms with E-state index < -0.39 is 0 Å². The zero-order valence-corrected chi connectivity index (χ0v) is 29.5. The SMILES string of the molecule is CC(C)c1nccc(-c2cc3ccc(N4CCNCC4)cc3oc2=O)n1.O=c1oc2cc(N3CCNCC3)ccc2cc1-c1ccnc(C2CC2)n1. The lowest BCUT2D eigenvalue weighted by molar-refractivity contribution is 0.561. The molecule has 2 saturated heterocycles. The number of hydrogen-bond acceptors (Lipinski definition) is 12. The number of piperazine rings is 2. The largest absolute Gasteiger partial charge is 0.422 e. The number of nitrogens with zero attached hydrogens (tertiary/aromatic N) is 6. The van der Waals surface area contributed by atoms with Gasteiger partial charge in [-0.05, 0) is 61.4 Å². The minimum Gasteiger partial charge on any atom is -0.422 e. The average molecular weight is 699 g/mol. The second kappa shape index (κ2) is 14.6. The third-order valence-electron chi connectivity index (χ3n) is 9.76. The second-order valence-electron chi connectivity index (χ2n) is 13.8. The molecule has 2 aromatic carbocycles. The standard InChI is InChI=1S/C20H20N4O2.C20H22N4O2/c25-20-16(17-5-6-22-19(23-17)13-1-2-13)11-14-3-4-15(12-18(14)26-20)24-9-7-21-8-10-24;1-13(2)19-22-6-5-17(23-19)16-11-14-3-4-15(12-18(14)26-20(16)25)24-9-7-21-8-10-24/h3-6,11-13,21H,1-2,7-10H2;3-6,11-13,21H,7-10H2,1-2H3. The van der Waals surface area contributed by atoms with Crippen LogP contribution in [0.1, 0.15) is 50.2 Å². The van der Waals surface area contributed by atoms with Gasteiger partial charge in [0.1, 0.15) is 22.8 Å². The third kappa shape index (κ3) is 7.30. The van der Waals surface area contributed by atoms with E-state index in [-0.39, 0.29) is 17.2 Å². The first-order valence-corrected chi connectivity index (χ1v) is 18.1. The van der Waals surface area contributed by atoms with Gasteiger partial charge in [0.2, 0.25) is 0 Å². The summed E-state index contributed by atoms with van der Waals surface area (Å²) >= 11 is 0. The van der Waals surface area contributed by atoms with Gasteiger partial charge in [-0.15, -0.1) is 0 Å². The molecule has 2 N–H and O–H groups in total. The van der Waals surface area contributed by atoms with Crippen LogP contribution in [-0.4, -0.2) is 72.3 Å². The van der Waals surface area contributed by atoms with E-state index in [1.165, 1.54) is 0 Å². The Bertz CT molecular complexity index is 2180. The molecule has 1 aliphatic carbocycles. The minimum absolute atomic E-state index is 0.198. The van der Waals surface area contributed by atoms with Crippen molar-refractivity contribution >= 4 is 33.3 Å². The lowest BCUT2D eigenvalue weighted by Crippen LogP contribution is -2.43. The van der Waals surface area contributed by atoms with E-state index >= 15 is 0 Å². The maximum atomic E-state index is 12.6. The molecule has 0 radical (unpaired) electrons. The number of rotatable bonds is 6. The van der Waals surface area contributed by atoms with Crippen LogP contribution in [0.3, 0.4) is 0 Å². The first-order valence-electron chi connectivity index (χ1n) is 18.1. The molecule has 0 atom stereocenters. The minimum atomic E-state index is -0.372. The van der Waals surface area contributed by atoms with Crippen LogP contribution in [0.5, 0.6) is 0 Å². The summed E-state index contributed by atoms with van der Waals surface area (Å²) in [6, 6.07) is 19.4. The Morgan fingerprint density at radius 3 is 1.65 bits per heavy atom. The Labute approximate surface area is 300 Å². The van der Waals surface area contributed by atoms with Crippen molar-refractivity contribution in [3.63, 3.8) is 0 Å². The predicted octanol–water partition coefficient (Wildman–Crippen LogP) is 5.32. The van der Waals surface area contributed by atoms with E-state index in [0.717, 1.165) is 99.0 Å². The van der Waals surface area contributed by atoms with E-state index in [1.807, 2.05) is 50.2 Å². The Balaban J connectivity index is 0.000000149. The summed E-state index contributed by atoms with van der Waals surface area (Å²) in [7, 11) is 0. The number of nitrogens with one attached hydrogen (secondary N) is 2. The molecule has 52 heavy (non-hydrogen) atoms. The molecule has 12 nitrogen and oxygen atoms in total. The van der Waals surface area contributed by atoms with Gasteiger partial charge in [0.05, 0.1) is 22.5 Å². The van der Waals surface area contributed by atoms with E-state index in [2.05, 4.69) is 52.5 Å². The molecule has 2 aliphatic heterocycles. The van der Waals surface area contributed by atoms with Gasteiger partial charge >= 0.3 is 11.3 Å². The third-order valence-corrected chi connectivity index (χ3v) is 9.76. The van der Waals surface area contributed by atoms with Crippen molar-refractivity contribution in [1.82, 2.24) is 30.6 Å². The Morgan fingerprint density at radius 1 is 0.654 bits per heavy atom. The lowest BCUT2D eigenvalue weighted by atomic mass is 10.1. The van der Waals surface area contributed by atoms with Crippen molar-refractivity contribution in [2.24, 2.45) is 0 Å². The Morgan fingerprint density at radius 2 is 1.15 bits per heavy atom. The summed E-state index contributed by atoms with van der Waals surface area (Å²) in [6.07, 6.45) is 5.68. The van der Waals surface area contributed by atoms with Gasteiger partial charge in [-0.2, -0.15) is 0 Å². The van der Waals surface area contributed by atoms with Crippen molar-refractivity contribution in [3.05, 3.63) is 106 Å². The maximum Gasteiger partial charge on any atom is 0.345 e. The van der Waals surface area contributed by atoms with E-state index in [9.17, 15) is 9.59 Å². The maximum absolute atomic E-state index is 12.6. The molecule has 12 heteroatoms. The summed E-state index contributed by atoms with van der Waals surface area (Å²) in [5.41, 5.74) is 4.88. The molecule has 3 aliphatic rings. The summed E-state index contributed by atoms with van der Waals surface area (Å²) in [6.45, 7) is 11.7. The summed E-state index contributed by atoms with van der Waals surface area (Å²) in [5.74, 6) is 2.19. The van der Waals surface area contributed by atoms with E-state index in [4.69, 9.17) is 8.83 Å². The zero-order valence-electron chi connectivity index (χ0n) is 29.5. The molecular weight excluding hydrogens is 656 g/mol. The smallest absolute Gasteiger partial charge is 0.345 e. The highest BCUT2D eigenvalue weighted by Gasteiger charge is 2.27. The van der Waals surface area contributed by atoms with Crippen LogP contribution in [0.25, 0.3) is 44.5 Å². The first kappa shape index (κ1) is 33.7. The van der Waals surface area contributed by atoms with Gasteiger partial charge < -0.3 is 29.3 Å². The van der Waals surface area contributed by atoms with Crippen LogP contribution in [0.2, 0.25) is 0 Å². The van der Waals surface area contributed by atoms with E-state index in [1.54, 1.807) is 24.5 Å². The molecule has 3 fully saturated rings. The lowest BCUT2D eigenvalue weighted by Gasteiger charge is -2.29. The van der Waals surface area contributed by atoms with Crippen LogP contribution < -0.4 is 31.7 Å². The van der Waals surface area contributed by atoms with Crippen molar-refractivity contribution in [2.75, 3.05) is 62.2 Å². The van der Waals surface area contributed by atoms with Crippen LogP contribution in [0, 0.1) is 0 Å². The topological polar surface area (TPSA) is 143 Å². The fraction of sp³-hybridized carbons (Fsp3) is 0.350. The van der Waals surface area contributed by atoms with Crippen molar-refractivity contribution in [3.8, 4) is 22.5 Å². The van der Waals surface area contributed by atoms with E-state index in [0.29, 0.717) is 39.6 Å². The van der Waals surface area contributed by atoms with Crippen LogP contribution in [0.4, 0.5) is 11.4 Å². The molecule has 1 saturated carbocycles. The summed E-state index contributed by atoms with van der Waals surface area (Å²) in [4.78, 5) is 47.4. The predicted molar refractivity (Wildman–Crippen MR) is 203 cm³/mol. The van der Waals surface area contributed by atoms with Gasteiger partial charge in [0.25, 0.3) is 0 Å². The highest BCUT2D eigenvalue weighted by molar-refractivity contribution is 5.85. The highest BCUT2D eigenvalue weighted by atomic mass is 16.4. The fourth-order valence-electron chi connectivity index (χ4n) is 6.66. The monoisotopic (exact) mass is 698 g/mol. The van der Waals surface area contributed by atoms with Crippen molar-refractivity contribution in [1.29, 1.82) is 0 Å². The number of benzene rings is 2. The number of hydrogen-bond donors (Lipinski definition) is 2. The number of anilines is 2. The molecule has 266 valence electrons. The highest BCUT2D eigenvalue weighted by Crippen LogP contribution is 2.38. The summed E-state index contributed by atoms with van der Waals surface area (Å²) < 4.78 is 11.3. The number of aromatic nitrogens is 4. The van der Waals surface area contributed by atoms with Gasteiger partial charge in [0, 0.05) is 111 Å². The molecule has 6 heterocycles.